The van der Waals surface area contributed by atoms with Crippen molar-refractivity contribution in [3.8, 4) is 16.9 Å². The van der Waals surface area contributed by atoms with E-state index in [-0.39, 0.29) is 18.4 Å². The van der Waals surface area contributed by atoms with Crippen LogP contribution < -0.4 is 4.74 Å². The lowest BCUT2D eigenvalue weighted by molar-refractivity contribution is -0.311. The normalized spacial score (nSPS) is 19.6. The fourth-order valence-corrected chi connectivity index (χ4v) is 4.51. The molecule has 5 nitrogen and oxygen atoms in total. The standard InChI is InChI=1S/C31H41F3O5/c1-3-5-7-9-21-36-26-17-15-24(16-18-26)23-11-13-25(14-12-23)30(35)38-27-19-20-28(37-22-10-8-6-4-2)39-29(27)31(32,33)34/h11-18,27-29H,3-10,19-22H2,1-2H3/t27-,28+,29-/m0/s1. The number of alkyl halides is 3. The summed E-state index contributed by atoms with van der Waals surface area (Å²) in [5.74, 6) is -0.0105. The second-order valence-electron chi connectivity index (χ2n) is 9.99. The summed E-state index contributed by atoms with van der Waals surface area (Å²) in [6.07, 6.45) is -0.603. The Kier molecular flexibility index (Phi) is 12.6. The van der Waals surface area contributed by atoms with Gasteiger partial charge < -0.3 is 18.9 Å². The molecule has 1 saturated heterocycles. The minimum absolute atomic E-state index is 0.0145. The zero-order valence-corrected chi connectivity index (χ0v) is 23.0. The van der Waals surface area contributed by atoms with Gasteiger partial charge in [0, 0.05) is 13.0 Å². The lowest BCUT2D eigenvalue weighted by Gasteiger charge is -2.36. The number of carbonyl (C=O) groups is 1. The summed E-state index contributed by atoms with van der Waals surface area (Å²) in [6.45, 7) is 5.29. The van der Waals surface area contributed by atoms with E-state index in [1.54, 1.807) is 24.3 Å². The van der Waals surface area contributed by atoms with Crippen LogP contribution in [0.4, 0.5) is 13.2 Å². The zero-order chi connectivity index (χ0) is 28.1. The van der Waals surface area contributed by atoms with Crippen LogP contribution in [0.25, 0.3) is 11.1 Å². The van der Waals surface area contributed by atoms with Gasteiger partial charge >= 0.3 is 12.1 Å². The second kappa shape index (κ2) is 15.9. The lowest BCUT2D eigenvalue weighted by atomic mass is 10.0. The van der Waals surface area contributed by atoms with Crippen LogP contribution in [-0.2, 0) is 14.2 Å². The highest BCUT2D eigenvalue weighted by atomic mass is 19.4. The van der Waals surface area contributed by atoms with Gasteiger partial charge in [-0.1, -0.05) is 76.6 Å². The van der Waals surface area contributed by atoms with Crippen molar-refractivity contribution in [3.63, 3.8) is 0 Å². The molecule has 0 N–H and O–H groups in total. The molecule has 1 aliphatic rings. The van der Waals surface area contributed by atoms with Crippen LogP contribution in [0.3, 0.4) is 0 Å². The van der Waals surface area contributed by atoms with E-state index in [1.807, 2.05) is 24.3 Å². The first-order valence-electron chi connectivity index (χ1n) is 14.2. The predicted molar refractivity (Wildman–Crippen MR) is 145 cm³/mol. The van der Waals surface area contributed by atoms with Crippen molar-refractivity contribution in [2.75, 3.05) is 13.2 Å². The molecule has 39 heavy (non-hydrogen) atoms. The third kappa shape index (κ3) is 10.2. The minimum atomic E-state index is -4.68. The van der Waals surface area contributed by atoms with E-state index < -0.39 is 30.6 Å². The molecular formula is C31H41F3O5. The van der Waals surface area contributed by atoms with Crippen molar-refractivity contribution in [1.82, 2.24) is 0 Å². The smallest absolute Gasteiger partial charge is 0.418 e. The number of halogens is 3. The molecule has 3 rings (SSSR count). The summed E-state index contributed by atoms with van der Waals surface area (Å²) in [5, 5.41) is 0. The molecule has 0 aliphatic carbocycles. The number of benzene rings is 2. The molecule has 0 amide bonds. The minimum Gasteiger partial charge on any atom is -0.494 e. The Labute approximate surface area is 230 Å². The maximum absolute atomic E-state index is 13.7. The first kappa shape index (κ1) is 31.0. The SMILES string of the molecule is CCCCCCOc1ccc(-c2ccc(C(=O)O[C@H]3CC[C@H](OCCCCCC)O[C@@H]3C(F)(F)F)cc2)cc1. The first-order chi connectivity index (χ1) is 18.8. The highest BCUT2D eigenvalue weighted by Gasteiger charge is 2.51. The van der Waals surface area contributed by atoms with Crippen LogP contribution in [0.1, 0.15) is 88.4 Å². The van der Waals surface area contributed by atoms with Crippen molar-refractivity contribution in [1.29, 1.82) is 0 Å². The van der Waals surface area contributed by atoms with Crippen molar-refractivity contribution >= 4 is 5.97 Å². The number of unbranched alkanes of at least 4 members (excludes halogenated alkanes) is 6. The van der Waals surface area contributed by atoms with Crippen LogP contribution in [-0.4, -0.2) is 43.9 Å². The molecule has 2 aromatic rings. The van der Waals surface area contributed by atoms with Gasteiger partial charge in [0.25, 0.3) is 0 Å². The molecule has 2 aromatic carbocycles. The summed E-state index contributed by atoms with van der Waals surface area (Å²) in [7, 11) is 0. The molecule has 216 valence electrons. The average Bonchev–Trinajstić information content (AvgIpc) is 2.93. The van der Waals surface area contributed by atoms with Gasteiger partial charge in [0.05, 0.1) is 12.2 Å². The average molecular weight is 551 g/mol. The fourth-order valence-electron chi connectivity index (χ4n) is 4.51. The van der Waals surface area contributed by atoms with Crippen molar-refractivity contribution in [2.24, 2.45) is 0 Å². The van der Waals surface area contributed by atoms with Gasteiger partial charge in [0.2, 0.25) is 0 Å². The summed E-state index contributed by atoms with van der Waals surface area (Å²) < 4.78 is 62.9. The molecule has 0 radical (unpaired) electrons. The molecule has 1 aliphatic heterocycles. The zero-order valence-electron chi connectivity index (χ0n) is 23.0. The monoisotopic (exact) mass is 550 g/mol. The van der Waals surface area contributed by atoms with Crippen molar-refractivity contribution < 1.29 is 36.9 Å². The van der Waals surface area contributed by atoms with Gasteiger partial charge in [-0.25, -0.2) is 4.79 Å². The molecule has 0 unspecified atom stereocenters. The third-order valence-electron chi connectivity index (χ3n) is 6.78. The molecule has 0 bridgehead atoms. The number of carbonyl (C=O) groups excluding carboxylic acids is 1. The van der Waals surface area contributed by atoms with Gasteiger partial charge in [-0.05, 0) is 54.7 Å². The maximum Gasteiger partial charge on any atom is 0.418 e. The highest BCUT2D eigenvalue weighted by molar-refractivity contribution is 5.90. The Morgan fingerprint density at radius 3 is 2.00 bits per heavy atom. The molecule has 0 saturated carbocycles. The molecule has 0 spiro atoms. The Bertz CT molecular complexity index is 975. The number of esters is 1. The summed E-state index contributed by atoms with van der Waals surface area (Å²) in [5.41, 5.74) is 1.99. The van der Waals surface area contributed by atoms with Crippen LogP contribution in [0.5, 0.6) is 5.75 Å². The Morgan fingerprint density at radius 2 is 1.41 bits per heavy atom. The second-order valence-corrected chi connectivity index (χ2v) is 9.99. The number of hydrogen-bond acceptors (Lipinski definition) is 5. The van der Waals surface area contributed by atoms with E-state index >= 15 is 0 Å². The fraction of sp³-hybridized carbons (Fsp3) is 0.581. The van der Waals surface area contributed by atoms with Crippen molar-refractivity contribution in [3.05, 3.63) is 54.1 Å². The molecule has 0 aromatic heterocycles. The van der Waals surface area contributed by atoms with E-state index in [1.165, 1.54) is 12.8 Å². The van der Waals surface area contributed by atoms with Gasteiger partial charge in [0.15, 0.2) is 12.4 Å². The Balaban J connectivity index is 1.52. The first-order valence-corrected chi connectivity index (χ1v) is 14.2. The van der Waals surface area contributed by atoms with Gasteiger partial charge in [-0.15, -0.1) is 0 Å². The topological polar surface area (TPSA) is 54.0 Å². The largest absolute Gasteiger partial charge is 0.494 e. The number of ether oxygens (including phenoxy) is 4. The molecule has 8 heteroatoms. The van der Waals surface area contributed by atoms with Crippen LogP contribution in [0, 0.1) is 0 Å². The van der Waals surface area contributed by atoms with Crippen LogP contribution in [0.2, 0.25) is 0 Å². The van der Waals surface area contributed by atoms with E-state index in [9.17, 15) is 18.0 Å². The maximum atomic E-state index is 13.7. The van der Waals surface area contributed by atoms with Gasteiger partial charge in [-0.2, -0.15) is 13.2 Å². The lowest BCUT2D eigenvalue weighted by Crippen LogP contribution is -2.50. The molecule has 1 fully saturated rings. The Morgan fingerprint density at radius 1 is 0.821 bits per heavy atom. The quantitative estimate of drug-likeness (QED) is 0.164. The van der Waals surface area contributed by atoms with Gasteiger partial charge in [0.1, 0.15) is 11.9 Å². The Hall–Kier alpha value is -2.58. The predicted octanol–water partition coefficient (Wildman–Crippen LogP) is 8.50. The summed E-state index contributed by atoms with van der Waals surface area (Å²) >= 11 is 0. The molecular weight excluding hydrogens is 509 g/mol. The summed E-state index contributed by atoms with van der Waals surface area (Å²) in [6, 6.07) is 14.3. The number of hydrogen-bond donors (Lipinski definition) is 0. The van der Waals surface area contributed by atoms with Gasteiger partial charge in [-0.3, -0.25) is 0 Å². The highest BCUT2D eigenvalue weighted by Crippen LogP contribution is 2.35. The van der Waals surface area contributed by atoms with E-state index in [4.69, 9.17) is 18.9 Å². The number of rotatable bonds is 15. The van der Waals surface area contributed by atoms with E-state index in [0.29, 0.717) is 13.2 Å². The molecule has 3 atom stereocenters. The van der Waals surface area contributed by atoms with Crippen molar-refractivity contribution in [2.45, 2.75) is 103 Å². The van der Waals surface area contributed by atoms with E-state index in [0.717, 1.165) is 55.4 Å². The van der Waals surface area contributed by atoms with Crippen LogP contribution >= 0.6 is 0 Å². The van der Waals surface area contributed by atoms with E-state index in [2.05, 4.69) is 13.8 Å². The van der Waals surface area contributed by atoms with Crippen LogP contribution in [0.15, 0.2) is 48.5 Å². The molecule has 1 heterocycles. The summed E-state index contributed by atoms with van der Waals surface area (Å²) in [4.78, 5) is 12.7. The third-order valence-corrected chi connectivity index (χ3v) is 6.78.